The summed E-state index contributed by atoms with van der Waals surface area (Å²) in [5, 5.41) is 19.0. The molecular weight excluding hydrogens is 342 g/mol. The Bertz CT molecular complexity index is 877. The molecule has 2 amide bonds. The summed E-state index contributed by atoms with van der Waals surface area (Å²) in [6, 6.07) is 8.67. The molecule has 1 aliphatic heterocycles. The van der Waals surface area contributed by atoms with Gasteiger partial charge in [-0.3, -0.25) is 14.3 Å². The molecule has 2 aromatic rings. The largest absolute Gasteiger partial charge is 0.352 e. The molecule has 0 radical (unpaired) electrons. The average molecular weight is 365 g/mol. The van der Waals surface area contributed by atoms with E-state index in [-0.39, 0.29) is 23.8 Å². The summed E-state index contributed by atoms with van der Waals surface area (Å²) >= 11 is 0. The lowest BCUT2D eigenvalue weighted by molar-refractivity contribution is 0.0930. The lowest BCUT2D eigenvalue weighted by atomic mass is 9.94. The molecule has 0 spiro atoms. The minimum absolute atomic E-state index is 0.0687. The molecule has 0 bridgehead atoms. The van der Waals surface area contributed by atoms with Gasteiger partial charge in [-0.1, -0.05) is 0 Å². The van der Waals surface area contributed by atoms with Gasteiger partial charge in [0.2, 0.25) is 0 Å². The zero-order valence-electron chi connectivity index (χ0n) is 15.5. The lowest BCUT2D eigenvalue weighted by Gasteiger charge is -2.24. The number of carbonyl (C=O) groups is 2. The van der Waals surface area contributed by atoms with E-state index in [4.69, 9.17) is 5.26 Å². The van der Waals surface area contributed by atoms with Crippen molar-refractivity contribution in [1.29, 1.82) is 5.26 Å². The maximum absolute atomic E-state index is 12.3. The van der Waals surface area contributed by atoms with Gasteiger partial charge in [-0.05, 0) is 56.9 Å². The molecule has 7 heteroatoms. The first kappa shape index (κ1) is 18.6. The van der Waals surface area contributed by atoms with E-state index in [0.717, 1.165) is 18.7 Å². The third kappa shape index (κ3) is 4.34. The average Bonchev–Trinajstić information content (AvgIpc) is 3.09. The SMILES string of the molecule is CC(C)NC(=O)c1cnn2c1CC(CNC(=O)c1ccc(C#N)cc1)CC2. The topological polar surface area (TPSA) is 99.8 Å². The van der Waals surface area contributed by atoms with Crippen molar-refractivity contribution in [2.75, 3.05) is 6.54 Å². The molecule has 27 heavy (non-hydrogen) atoms. The summed E-state index contributed by atoms with van der Waals surface area (Å²) in [6.45, 7) is 5.13. The van der Waals surface area contributed by atoms with Gasteiger partial charge in [0.05, 0.1) is 29.1 Å². The Morgan fingerprint density at radius 3 is 2.70 bits per heavy atom. The van der Waals surface area contributed by atoms with E-state index in [1.54, 1.807) is 30.5 Å². The number of hydrogen-bond donors (Lipinski definition) is 2. The molecular formula is C20H23N5O2. The number of nitrogens with zero attached hydrogens (tertiary/aromatic N) is 3. The second kappa shape index (κ2) is 8.04. The van der Waals surface area contributed by atoms with Crippen LogP contribution in [0.1, 0.15) is 52.2 Å². The van der Waals surface area contributed by atoms with Crippen LogP contribution in [-0.4, -0.2) is 34.2 Å². The van der Waals surface area contributed by atoms with E-state index in [9.17, 15) is 9.59 Å². The fourth-order valence-corrected chi connectivity index (χ4v) is 3.24. The van der Waals surface area contributed by atoms with E-state index in [1.165, 1.54) is 0 Å². The number of fused-ring (bicyclic) bond motifs is 1. The van der Waals surface area contributed by atoms with Crippen LogP contribution in [0.5, 0.6) is 0 Å². The summed E-state index contributed by atoms with van der Waals surface area (Å²) in [5.74, 6) is -0.00741. The highest BCUT2D eigenvalue weighted by Crippen LogP contribution is 2.23. The molecule has 0 saturated carbocycles. The highest BCUT2D eigenvalue weighted by molar-refractivity contribution is 5.95. The first-order chi connectivity index (χ1) is 13.0. The standard InChI is InChI=1S/C20H23N5O2/c1-13(2)24-20(27)17-12-23-25-8-7-15(9-18(17)25)11-22-19(26)16-5-3-14(10-21)4-6-16/h3-6,12-13,15H,7-9,11H2,1-2H3,(H,22,26)(H,24,27). The molecule has 3 rings (SSSR count). The second-order valence-electron chi connectivity index (χ2n) is 7.11. The number of aromatic nitrogens is 2. The quantitative estimate of drug-likeness (QED) is 0.845. The molecule has 140 valence electrons. The predicted octanol–water partition coefficient (Wildman–Crippen LogP) is 1.89. The van der Waals surface area contributed by atoms with Crippen LogP contribution in [0.4, 0.5) is 0 Å². The van der Waals surface area contributed by atoms with Crippen molar-refractivity contribution >= 4 is 11.8 Å². The first-order valence-corrected chi connectivity index (χ1v) is 9.12. The molecule has 0 saturated heterocycles. The maximum Gasteiger partial charge on any atom is 0.254 e. The zero-order valence-corrected chi connectivity index (χ0v) is 15.5. The van der Waals surface area contributed by atoms with Gasteiger partial charge in [0.25, 0.3) is 11.8 Å². The monoisotopic (exact) mass is 365 g/mol. The van der Waals surface area contributed by atoms with Gasteiger partial charge in [-0.15, -0.1) is 0 Å². The third-order valence-electron chi connectivity index (χ3n) is 4.67. The van der Waals surface area contributed by atoms with Crippen molar-refractivity contribution < 1.29 is 9.59 Å². The summed E-state index contributed by atoms with van der Waals surface area (Å²) in [5.41, 5.74) is 2.61. The van der Waals surface area contributed by atoms with Crippen LogP contribution >= 0.6 is 0 Å². The molecule has 1 aromatic heterocycles. The molecule has 2 N–H and O–H groups in total. The fraction of sp³-hybridized carbons (Fsp3) is 0.400. The van der Waals surface area contributed by atoms with E-state index in [1.807, 2.05) is 24.6 Å². The van der Waals surface area contributed by atoms with Crippen LogP contribution in [-0.2, 0) is 13.0 Å². The molecule has 1 unspecified atom stereocenters. The van der Waals surface area contributed by atoms with E-state index in [0.29, 0.717) is 29.7 Å². The molecule has 0 fully saturated rings. The second-order valence-corrected chi connectivity index (χ2v) is 7.11. The van der Waals surface area contributed by atoms with Gasteiger partial charge in [0.15, 0.2) is 0 Å². The van der Waals surface area contributed by atoms with Crippen molar-refractivity contribution in [3.63, 3.8) is 0 Å². The Morgan fingerprint density at radius 1 is 1.30 bits per heavy atom. The third-order valence-corrected chi connectivity index (χ3v) is 4.67. The number of hydrogen-bond acceptors (Lipinski definition) is 4. The first-order valence-electron chi connectivity index (χ1n) is 9.12. The number of aryl methyl sites for hydroxylation is 1. The molecule has 0 aliphatic carbocycles. The Kier molecular flexibility index (Phi) is 5.55. The summed E-state index contributed by atoms with van der Waals surface area (Å²) in [7, 11) is 0. The van der Waals surface area contributed by atoms with E-state index < -0.39 is 0 Å². The van der Waals surface area contributed by atoms with Crippen molar-refractivity contribution in [3.8, 4) is 6.07 Å². The molecule has 1 aliphatic rings. The normalized spacial score (nSPS) is 15.7. The molecule has 2 heterocycles. The maximum atomic E-state index is 12.3. The minimum atomic E-state index is -0.156. The number of nitriles is 1. The van der Waals surface area contributed by atoms with Gasteiger partial charge in [-0.25, -0.2) is 0 Å². The highest BCUT2D eigenvalue weighted by atomic mass is 16.2. The molecule has 1 aromatic carbocycles. The summed E-state index contributed by atoms with van der Waals surface area (Å²) in [4.78, 5) is 24.6. The smallest absolute Gasteiger partial charge is 0.254 e. The van der Waals surface area contributed by atoms with Crippen LogP contribution in [0.25, 0.3) is 0 Å². The number of amides is 2. The molecule has 1 atom stereocenters. The summed E-state index contributed by atoms with van der Waals surface area (Å²) in [6.07, 6.45) is 3.23. The van der Waals surface area contributed by atoms with Crippen molar-refractivity contribution in [3.05, 3.63) is 52.8 Å². The summed E-state index contributed by atoms with van der Waals surface area (Å²) < 4.78 is 1.88. The number of rotatable bonds is 5. The van der Waals surface area contributed by atoms with Crippen molar-refractivity contribution in [2.24, 2.45) is 5.92 Å². The van der Waals surface area contributed by atoms with Crippen LogP contribution in [0.3, 0.4) is 0 Å². The van der Waals surface area contributed by atoms with Crippen LogP contribution in [0, 0.1) is 17.2 Å². The highest BCUT2D eigenvalue weighted by Gasteiger charge is 2.25. The van der Waals surface area contributed by atoms with Crippen molar-refractivity contribution in [1.82, 2.24) is 20.4 Å². The van der Waals surface area contributed by atoms with Gasteiger partial charge >= 0.3 is 0 Å². The van der Waals surface area contributed by atoms with Gasteiger partial charge in [0.1, 0.15) is 0 Å². The van der Waals surface area contributed by atoms with Crippen LogP contribution in [0.15, 0.2) is 30.5 Å². The fourth-order valence-electron chi connectivity index (χ4n) is 3.24. The van der Waals surface area contributed by atoms with E-state index in [2.05, 4.69) is 15.7 Å². The van der Waals surface area contributed by atoms with Crippen LogP contribution < -0.4 is 10.6 Å². The predicted molar refractivity (Wildman–Crippen MR) is 100 cm³/mol. The van der Waals surface area contributed by atoms with Gasteiger partial charge in [-0.2, -0.15) is 10.4 Å². The van der Waals surface area contributed by atoms with Crippen LogP contribution in [0.2, 0.25) is 0 Å². The van der Waals surface area contributed by atoms with E-state index >= 15 is 0 Å². The Morgan fingerprint density at radius 2 is 2.04 bits per heavy atom. The minimum Gasteiger partial charge on any atom is -0.352 e. The number of nitrogens with one attached hydrogen (secondary N) is 2. The van der Waals surface area contributed by atoms with Gasteiger partial charge in [0, 0.05) is 24.7 Å². The Labute approximate surface area is 158 Å². The lowest BCUT2D eigenvalue weighted by Crippen LogP contribution is -2.35. The number of carbonyl (C=O) groups excluding carboxylic acids is 2. The Hall–Kier alpha value is -3.14. The van der Waals surface area contributed by atoms with Crippen molar-refractivity contribution in [2.45, 2.75) is 39.3 Å². The number of benzene rings is 1. The molecule has 7 nitrogen and oxygen atoms in total. The zero-order chi connectivity index (χ0) is 19.4. The van der Waals surface area contributed by atoms with Gasteiger partial charge < -0.3 is 10.6 Å². The Balaban J connectivity index is 1.61.